The topological polar surface area (TPSA) is 106 Å². The van der Waals surface area contributed by atoms with Crippen molar-refractivity contribution in [1.29, 1.82) is 0 Å². The summed E-state index contributed by atoms with van der Waals surface area (Å²) < 4.78 is 11.8. The Hall–Kier alpha value is -4.41. The highest BCUT2D eigenvalue weighted by atomic mass is 32.1. The van der Waals surface area contributed by atoms with Crippen molar-refractivity contribution < 1.29 is 14.1 Å². The number of aryl methyl sites for hydroxylation is 1. The van der Waals surface area contributed by atoms with Gasteiger partial charge in [-0.25, -0.2) is 0 Å². The second-order valence-corrected chi connectivity index (χ2v) is 12.2. The van der Waals surface area contributed by atoms with Crippen molar-refractivity contribution in [2.75, 3.05) is 19.6 Å². The number of carbonyl (C=O) groups excluding carboxylic acids is 1. The van der Waals surface area contributed by atoms with E-state index in [0.29, 0.717) is 48.6 Å². The lowest BCUT2D eigenvalue weighted by atomic mass is 9.98. The average molecular weight is 593 g/mol. The average Bonchev–Trinajstić information content (AvgIpc) is 3.80. The van der Waals surface area contributed by atoms with Crippen LogP contribution in [0, 0.1) is 6.92 Å². The molecule has 2 aromatic heterocycles. The molecule has 0 radical (unpaired) electrons. The van der Waals surface area contributed by atoms with E-state index in [4.69, 9.17) is 9.26 Å². The van der Waals surface area contributed by atoms with Gasteiger partial charge >= 0.3 is 0 Å². The molecule has 0 spiro atoms. The van der Waals surface area contributed by atoms with E-state index >= 15 is 0 Å². The van der Waals surface area contributed by atoms with Gasteiger partial charge < -0.3 is 19.5 Å². The second-order valence-electron chi connectivity index (χ2n) is 11.2. The van der Waals surface area contributed by atoms with E-state index in [-0.39, 0.29) is 11.8 Å². The van der Waals surface area contributed by atoms with E-state index in [9.17, 15) is 4.79 Å². The van der Waals surface area contributed by atoms with E-state index in [1.54, 1.807) is 18.3 Å². The van der Waals surface area contributed by atoms with E-state index in [2.05, 4.69) is 49.9 Å². The molecular formula is C33H32N6O3S. The molecule has 2 saturated heterocycles. The maximum atomic E-state index is 13.1. The molecular weight excluding hydrogens is 560 g/mol. The molecule has 0 saturated carbocycles. The molecule has 0 bridgehead atoms. The molecule has 218 valence electrons. The zero-order valence-corrected chi connectivity index (χ0v) is 24.7. The quantitative estimate of drug-likeness (QED) is 0.223. The minimum Gasteiger partial charge on any atom is -0.457 e. The van der Waals surface area contributed by atoms with Crippen LogP contribution in [-0.4, -0.2) is 50.8 Å². The van der Waals surface area contributed by atoms with Crippen LogP contribution >= 0.6 is 11.3 Å². The Balaban J connectivity index is 1.16. The van der Waals surface area contributed by atoms with Crippen molar-refractivity contribution in [2.24, 2.45) is 0 Å². The Labute approximate surface area is 253 Å². The van der Waals surface area contributed by atoms with Crippen molar-refractivity contribution in [3.63, 3.8) is 0 Å². The van der Waals surface area contributed by atoms with Crippen molar-refractivity contribution in [2.45, 2.75) is 44.6 Å². The Morgan fingerprint density at radius 2 is 1.77 bits per heavy atom. The lowest BCUT2D eigenvalue weighted by Crippen LogP contribution is -2.26. The summed E-state index contributed by atoms with van der Waals surface area (Å²) in [6.45, 7) is 4.96. The first-order valence-corrected chi connectivity index (χ1v) is 15.5. The molecule has 10 heteroatoms. The third-order valence-electron chi connectivity index (χ3n) is 8.15. The summed E-state index contributed by atoms with van der Waals surface area (Å²) in [4.78, 5) is 19.3. The van der Waals surface area contributed by atoms with E-state index in [0.717, 1.165) is 52.6 Å². The largest absolute Gasteiger partial charge is 0.457 e. The van der Waals surface area contributed by atoms with Crippen LogP contribution in [0.1, 0.15) is 53.1 Å². The standard InChI is InChI=1S/C33H32N6O3S/c1-21-35-31(42-38-21)23-9-11-28(12-10-23)41-29-17-25(33-37-36-32(43-33)24-13-15-34-16-14-24)7-8-26(29)19-39-20-27(18-30(39)40)22-5-3-2-4-6-22/h2-12,17,24,27,34H,13-16,18-20H2,1H3/t27-/m1/s1. The van der Waals surface area contributed by atoms with Crippen molar-refractivity contribution in [3.05, 3.63) is 94.8 Å². The fourth-order valence-corrected chi connectivity index (χ4v) is 6.79. The Kier molecular flexibility index (Phi) is 7.69. The van der Waals surface area contributed by atoms with Gasteiger partial charge in [0.2, 0.25) is 5.91 Å². The molecule has 7 rings (SSSR count). The number of ether oxygens (including phenoxy) is 1. The predicted octanol–water partition coefficient (Wildman–Crippen LogP) is 6.34. The lowest BCUT2D eigenvalue weighted by Gasteiger charge is -2.20. The minimum absolute atomic E-state index is 0.152. The van der Waals surface area contributed by atoms with Gasteiger partial charge in [0.15, 0.2) is 5.82 Å². The summed E-state index contributed by atoms with van der Waals surface area (Å²) in [5, 5.41) is 18.4. The molecule has 2 aliphatic rings. The number of carbonyl (C=O) groups is 1. The molecule has 1 N–H and O–H groups in total. The highest BCUT2D eigenvalue weighted by Gasteiger charge is 2.31. The second kappa shape index (κ2) is 12.1. The van der Waals surface area contributed by atoms with Gasteiger partial charge in [-0.1, -0.05) is 59.0 Å². The van der Waals surface area contributed by atoms with Crippen LogP contribution in [0.25, 0.3) is 22.0 Å². The zero-order valence-electron chi connectivity index (χ0n) is 23.9. The maximum Gasteiger partial charge on any atom is 0.257 e. The third kappa shape index (κ3) is 6.07. The van der Waals surface area contributed by atoms with E-state index < -0.39 is 0 Å². The Morgan fingerprint density at radius 3 is 2.53 bits per heavy atom. The van der Waals surface area contributed by atoms with Crippen molar-refractivity contribution >= 4 is 17.2 Å². The van der Waals surface area contributed by atoms with Gasteiger partial charge in [-0.15, -0.1) is 10.2 Å². The number of rotatable bonds is 8. The summed E-state index contributed by atoms with van der Waals surface area (Å²) >= 11 is 1.65. The summed E-state index contributed by atoms with van der Waals surface area (Å²) in [6.07, 6.45) is 2.67. The SMILES string of the molecule is Cc1noc(-c2ccc(Oc3cc(-c4nnc(C5CCNCC5)s4)ccc3CN3C[C@H](c4ccccc4)CC3=O)cc2)n1. The van der Waals surface area contributed by atoms with Gasteiger partial charge in [0, 0.05) is 48.0 Å². The molecule has 2 fully saturated rings. The third-order valence-corrected chi connectivity index (χ3v) is 9.28. The zero-order chi connectivity index (χ0) is 29.2. The summed E-state index contributed by atoms with van der Waals surface area (Å²) in [6, 6.07) is 24.0. The van der Waals surface area contributed by atoms with Crippen molar-refractivity contribution in [1.82, 2.24) is 30.6 Å². The molecule has 5 aromatic rings. The summed E-state index contributed by atoms with van der Waals surface area (Å²) in [5.74, 6) is 3.19. The molecule has 9 nitrogen and oxygen atoms in total. The maximum absolute atomic E-state index is 13.1. The number of piperidine rings is 1. The van der Waals surface area contributed by atoms with Gasteiger partial charge in [0.05, 0.1) is 0 Å². The number of benzene rings is 3. The minimum atomic E-state index is 0.152. The van der Waals surface area contributed by atoms with Crippen LogP contribution in [0.15, 0.2) is 77.3 Å². The van der Waals surface area contributed by atoms with Gasteiger partial charge in [-0.2, -0.15) is 4.98 Å². The first kappa shape index (κ1) is 27.4. The smallest absolute Gasteiger partial charge is 0.257 e. The number of hydrogen-bond acceptors (Lipinski definition) is 9. The van der Waals surface area contributed by atoms with Crippen LogP contribution < -0.4 is 10.1 Å². The van der Waals surface area contributed by atoms with E-state index in [1.807, 2.05) is 53.4 Å². The molecule has 3 aromatic carbocycles. The van der Waals surface area contributed by atoms with Gasteiger partial charge in [0.25, 0.3) is 5.89 Å². The Morgan fingerprint density at radius 1 is 0.977 bits per heavy atom. The fraction of sp³-hybridized carbons (Fsp3) is 0.303. The molecule has 0 unspecified atom stereocenters. The van der Waals surface area contributed by atoms with Gasteiger partial charge in [-0.3, -0.25) is 4.79 Å². The number of amides is 1. The van der Waals surface area contributed by atoms with E-state index in [1.165, 1.54) is 5.56 Å². The number of hydrogen-bond donors (Lipinski definition) is 1. The highest BCUT2D eigenvalue weighted by molar-refractivity contribution is 7.14. The van der Waals surface area contributed by atoms with Gasteiger partial charge in [-0.05, 0) is 68.8 Å². The molecule has 4 heterocycles. The number of likely N-dealkylation sites (tertiary alicyclic amines) is 1. The number of aromatic nitrogens is 4. The monoisotopic (exact) mass is 592 g/mol. The Bertz CT molecular complexity index is 1710. The highest BCUT2D eigenvalue weighted by Crippen LogP contribution is 2.37. The molecule has 0 aliphatic carbocycles. The first-order chi connectivity index (χ1) is 21.1. The molecule has 1 atom stereocenters. The predicted molar refractivity (Wildman–Crippen MR) is 164 cm³/mol. The molecule has 43 heavy (non-hydrogen) atoms. The van der Waals surface area contributed by atoms with Crippen LogP contribution in [0.2, 0.25) is 0 Å². The summed E-state index contributed by atoms with van der Waals surface area (Å²) in [5.41, 5.74) is 3.90. The molecule has 2 aliphatic heterocycles. The first-order valence-electron chi connectivity index (χ1n) is 14.7. The lowest BCUT2D eigenvalue weighted by molar-refractivity contribution is -0.128. The van der Waals surface area contributed by atoms with Crippen LogP contribution in [-0.2, 0) is 11.3 Å². The van der Waals surface area contributed by atoms with Gasteiger partial charge in [0.1, 0.15) is 21.5 Å². The van der Waals surface area contributed by atoms with Crippen LogP contribution in [0.3, 0.4) is 0 Å². The van der Waals surface area contributed by atoms with Crippen LogP contribution in [0.5, 0.6) is 11.5 Å². The number of nitrogens with zero attached hydrogens (tertiary/aromatic N) is 5. The normalized spacial score (nSPS) is 17.5. The number of nitrogens with one attached hydrogen (secondary N) is 1. The van der Waals surface area contributed by atoms with Crippen LogP contribution in [0.4, 0.5) is 0 Å². The summed E-state index contributed by atoms with van der Waals surface area (Å²) in [7, 11) is 0. The van der Waals surface area contributed by atoms with Crippen molar-refractivity contribution in [3.8, 4) is 33.5 Å². The fourth-order valence-electron chi connectivity index (χ4n) is 5.78. The molecule has 1 amide bonds.